The number of carboxylic acid groups (broad SMARTS) is 1. The molecule has 0 saturated heterocycles. The number of hydrogen-bond donors (Lipinski definition) is 6. The summed E-state index contributed by atoms with van der Waals surface area (Å²) in [5, 5.41) is 51.1. The van der Waals surface area contributed by atoms with Crippen LogP contribution in [0.2, 0.25) is 15.7 Å². The van der Waals surface area contributed by atoms with Gasteiger partial charge in [-0.2, -0.15) is 50.4 Å². The first kappa shape index (κ1) is 76.5. The van der Waals surface area contributed by atoms with E-state index in [2.05, 4.69) is 135 Å². The second-order valence-electron chi connectivity index (χ2n) is 18.4. The molecule has 96 heavy (non-hydrogen) atoms. The largest absolute Gasteiger partial charge is 0.497 e. The summed E-state index contributed by atoms with van der Waals surface area (Å²) in [7, 11) is 18.2. The SMILES string of the molecule is CNC.CNc1ccc(OC)cc1.COc1ccc(N(C)c2nc(Cl)nc3nnccc23)cc1.COc1ccc(N(C)c2nc(N(C)C)nc3nnccc23)cc1.Clc1nc(Cl)c2ccnnc2n1.Nc1nnccc1C(=O)O.O=P(Cl)(Cl)Cl.O=c1[nH]c(=O)c2ccnnc2[nH]1. The van der Waals surface area contributed by atoms with E-state index in [9.17, 15) is 18.9 Å². The number of carboxylic acids is 1. The summed E-state index contributed by atoms with van der Waals surface area (Å²) in [6, 6.07) is 31.4. The molecule has 0 radical (unpaired) electrons. The lowest BCUT2D eigenvalue weighted by molar-refractivity contribution is 0.0697. The third-order valence-electron chi connectivity index (χ3n) is 11.7. The molecule has 12 aromatic rings. The zero-order chi connectivity index (χ0) is 70.5. The van der Waals surface area contributed by atoms with E-state index in [1.165, 1.54) is 30.7 Å². The summed E-state index contributed by atoms with van der Waals surface area (Å²) < 4.78 is 24.9. The molecule has 7 N–H and O–H groups in total. The van der Waals surface area contributed by atoms with Crippen LogP contribution < -0.4 is 56.5 Å². The van der Waals surface area contributed by atoms with Gasteiger partial charge in [-0.3, -0.25) is 19.3 Å². The Morgan fingerprint density at radius 3 is 1.36 bits per heavy atom. The van der Waals surface area contributed by atoms with E-state index >= 15 is 0 Å². The van der Waals surface area contributed by atoms with E-state index in [0.717, 1.165) is 50.9 Å². The van der Waals surface area contributed by atoms with E-state index in [1.807, 2.05) is 149 Å². The predicted molar refractivity (Wildman–Crippen MR) is 374 cm³/mol. The summed E-state index contributed by atoms with van der Waals surface area (Å²) in [5.41, 5.74) is 8.80. The topological polar surface area (TPSA) is 414 Å². The zero-order valence-corrected chi connectivity index (χ0v) is 57.7. The first-order valence-electron chi connectivity index (χ1n) is 27.0. The van der Waals surface area contributed by atoms with Crippen molar-refractivity contribution < 1.29 is 28.7 Å². The summed E-state index contributed by atoms with van der Waals surface area (Å²) in [6.45, 7) is 0. The van der Waals surface area contributed by atoms with E-state index < -0.39 is 22.4 Å². The number of nitrogen functional groups attached to an aromatic ring is 1. The molecule has 39 heteroatoms. The number of ether oxygens (including phenoxy) is 3. The fraction of sp³-hybridized carbons (Fsp3) is 0.175. The Morgan fingerprint density at radius 2 is 0.927 bits per heavy atom. The molecule has 0 aliphatic carbocycles. The Hall–Kier alpha value is -10.2. The maximum atomic E-state index is 11.1. The van der Waals surface area contributed by atoms with Crippen LogP contribution in [-0.4, -0.2) is 173 Å². The van der Waals surface area contributed by atoms with Crippen LogP contribution in [0, 0.1) is 0 Å². The lowest BCUT2D eigenvalue weighted by Crippen LogP contribution is -2.22. The molecule has 0 atom stereocenters. The van der Waals surface area contributed by atoms with E-state index in [0.29, 0.717) is 44.6 Å². The van der Waals surface area contributed by atoms with Crippen LogP contribution in [0.3, 0.4) is 0 Å². The van der Waals surface area contributed by atoms with Gasteiger partial charge in [0.05, 0.1) is 73.9 Å². The lowest BCUT2D eigenvalue weighted by Gasteiger charge is -2.21. The third kappa shape index (κ3) is 24.0. The fourth-order valence-corrected chi connectivity index (χ4v) is 7.88. The molecule has 12 rings (SSSR count). The Kier molecular flexibility index (Phi) is 30.5. The molecule has 0 saturated carbocycles. The number of benzene rings is 3. The number of H-pyrrole nitrogens is 2. The monoisotopic (exact) mass is 1450 g/mol. The van der Waals surface area contributed by atoms with Gasteiger partial charge in [-0.1, -0.05) is 11.6 Å². The molecule has 0 fully saturated rings. The average molecular weight is 1450 g/mol. The van der Waals surface area contributed by atoms with Crippen LogP contribution >= 0.6 is 73.7 Å². The number of aromatic carboxylic acids is 1. The molecule has 3 aromatic carbocycles. The number of nitrogens with two attached hydrogens (primary N) is 1. The van der Waals surface area contributed by atoms with Gasteiger partial charge in [0, 0.05) is 52.3 Å². The Labute approximate surface area is 575 Å². The molecular weight excluding hydrogens is 1390 g/mol. The molecule has 502 valence electrons. The standard InChI is InChI=1S/C16H18N6O.C14H12ClN5O.C8H11NO.C6H2Cl2N4.C6H4N4O2.C5H5N3O2.C2H7N.Cl3OP/c1-21(2)16-18-14-13(9-10-17-20-14)15(19-16)22(3)11-5-7-12(23-4)8-6-11;1-20(9-3-5-10(21-2)6-4-9)13-11-7-8-16-19-12(11)17-14(15)18-13;1-9-7-3-5-8(10-2)6-4-7;7-4-3-1-2-9-12-5(3)11-6(8)10-4;11-5-3-1-2-7-10-4(3)8-6(12)9-5;6-4-3(5(9)10)1-2-7-8-4;1-3-2;1-5(2,3)4/h5-10H,1-4H3;3-8H,1-2H3;3-6,9H,1-2H3;1-2H;1-2H,(H2,8,9,10,11,12);1-2H,(H2,6,8)(H,9,10);3H,1-2H3;. The number of rotatable bonds is 10. The maximum Gasteiger partial charge on any atom is 0.339 e. The summed E-state index contributed by atoms with van der Waals surface area (Å²) in [6.07, 6.45) is 7.43. The summed E-state index contributed by atoms with van der Waals surface area (Å²) in [5.74, 6) is 3.39. The van der Waals surface area contributed by atoms with Gasteiger partial charge in [0.15, 0.2) is 28.4 Å². The van der Waals surface area contributed by atoms with Crippen LogP contribution in [0.4, 0.5) is 40.5 Å². The van der Waals surface area contributed by atoms with Gasteiger partial charge >= 0.3 is 16.9 Å². The van der Waals surface area contributed by atoms with Gasteiger partial charge in [0.2, 0.25) is 16.5 Å². The molecule has 9 heterocycles. The summed E-state index contributed by atoms with van der Waals surface area (Å²) in [4.78, 5) is 67.3. The first-order valence-corrected chi connectivity index (χ1v) is 32.6. The quantitative estimate of drug-likeness (QED) is 0.0421. The van der Waals surface area contributed by atoms with Gasteiger partial charge in [0.1, 0.15) is 39.6 Å². The van der Waals surface area contributed by atoms with Crippen molar-refractivity contribution in [1.82, 2.24) is 96.2 Å². The van der Waals surface area contributed by atoms with Crippen LogP contribution in [0.5, 0.6) is 17.2 Å². The highest BCUT2D eigenvalue weighted by Crippen LogP contribution is 2.61. The van der Waals surface area contributed by atoms with Crippen LogP contribution in [0.1, 0.15) is 10.4 Å². The molecule has 0 aliphatic rings. The molecule has 32 nitrogen and oxygen atoms in total. The predicted octanol–water partition coefficient (Wildman–Crippen LogP) is 9.99. The smallest absolute Gasteiger partial charge is 0.339 e. The molecule has 0 amide bonds. The van der Waals surface area contributed by atoms with Crippen molar-refractivity contribution in [1.29, 1.82) is 0 Å². The molecule has 0 aliphatic heterocycles. The third-order valence-corrected chi connectivity index (χ3v) is 12.4. The molecule has 0 bridgehead atoms. The number of carbonyl (C=O) groups is 1. The van der Waals surface area contributed by atoms with Crippen LogP contribution in [0.15, 0.2) is 144 Å². The second-order valence-corrected chi connectivity index (χ2v) is 26.0. The van der Waals surface area contributed by atoms with Gasteiger partial charge in [0.25, 0.3) is 5.56 Å². The van der Waals surface area contributed by atoms with Crippen molar-refractivity contribution in [3.63, 3.8) is 0 Å². The molecule has 0 spiro atoms. The Balaban J connectivity index is 0.000000209. The van der Waals surface area contributed by atoms with Gasteiger partial charge in [-0.15, -0.1) is 25.5 Å². The van der Waals surface area contributed by atoms with E-state index in [-0.39, 0.29) is 27.6 Å². The van der Waals surface area contributed by atoms with Crippen molar-refractivity contribution in [3.05, 3.63) is 176 Å². The highest BCUT2D eigenvalue weighted by atomic mass is 36.0. The highest BCUT2D eigenvalue weighted by molar-refractivity contribution is 8.24. The number of aromatic nitrogens is 18. The average Bonchev–Trinajstić information content (AvgIpc) is 0.811. The van der Waals surface area contributed by atoms with Crippen molar-refractivity contribution in [2.45, 2.75) is 0 Å². The Bertz CT molecular complexity index is 4600. The number of fused-ring (bicyclic) bond motifs is 4. The molecule has 0 unspecified atom stereocenters. The van der Waals surface area contributed by atoms with Crippen molar-refractivity contribution in [2.24, 2.45) is 0 Å². The first-order chi connectivity index (χ1) is 45.8. The number of nitrogens with one attached hydrogen (secondary N) is 4. The van der Waals surface area contributed by atoms with Gasteiger partial charge in [-0.05, 0) is 174 Å². The number of hydrogen-bond acceptors (Lipinski definition) is 29. The number of anilines is 7. The number of nitrogens with zero attached hydrogens (tertiary/aromatic N) is 19. The number of aromatic amines is 2. The minimum Gasteiger partial charge on any atom is -0.497 e. The molecular formula is C57H59Cl6N24O8P. The van der Waals surface area contributed by atoms with E-state index in [1.54, 1.807) is 39.8 Å². The zero-order valence-electron chi connectivity index (χ0n) is 52.3. The number of methoxy groups -OCH3 is 3. The van der Waals surface area contributed by atoms with Gasteiger partial charge < -0.3 is 50.4 Å². The Morgan fingerprint density at radius 1 is 0.531 bits per heavy atom. The van der Waals surface area contributed by atoms with Crippen LogP contribution in [-0.2, 0) is 4.57 Å². The fourth-order valence-electron chi connectivity index (χ4n) is 7.28. The lowest BCUT2D eigenvalue weighted by atomic mass is 10.2. The highest BCUT2D eigenvalue weighted by Gasteiger charge is 2.17. The van der Waals surface area contributed by atoms with Crippen molar-refractivity contribution in [2.75, 3.05) is 96.4 Å². The molecule has 9 aromatic heterocycles. The second kappa shape index (κ2) is 38.2. The maximum absolute atomic E-state index is 11.1. The van der Waals surface area contributed by atoms with Crippen molar-refractivity contribution >= 4 is 164 Å². The normalized spacial score (nSPS) is 10.2. The van der Waals surface area contributed by atoms with Crippen LogP contribution in [0.25, 0.3) is 44.1 Å². The van der Waals surface area contributed by atoms with Gasteiger partial charge in [-0.25, -0.2) is 14.6 Å². The number of halogens is 6. The van der Waals surface area contributed by atoms with E-state index in [4.69, 9.17) is 59.9 Å². The van der Waals surface area contributed by atoms with Crippen molar-refractivity contribution in [3.8, 4) is 17.2 Å². The minimum absolute atomic E-state index is 0.0185. The summed E-state index contributed by atoms with van der Waals surface area (Å²) >= 11 is 31.1. The minimum atomic E-state index is -3.22.